The average molecular weight is 285 g/mol. The average Bonchev–Trinajstić information content (AvgIpc) is 2.71. The molecule has 5 heteroatoms. The molecule has 1 rings (SSSR count). The van der Waals surface area contributed by atoms with Gasteiger partial charge in [0.1, 0.15) is 5.60 Å². The lowest BCUT2D eigenvalue weighted by molar-refractivity contribution is 0.0140. The van der Waals surface area contributed by atoms with Crippen LogP contribution in [0.2, 0.25) is 0 Å². The maximum atomic E-state index is 12.3. The number of amides is 1. The van der Waals surface area contributed by atoms with E-state index in [9.17, 15) is 4.79 Å². The van der Waals surface area contributed by atoms with E-state index in [4.69, 9.17) is 10.5 Å². The van der Waals surface area contributed by atoms with Crippen molar-refractivity contribution in [1.82, 2.24) is 9.80 Å². The Kier molecular flexibility index (Phi) is 6.27. The van der Waals surface area contributed by atoms with Crippen molar-refractivity contribution in [2.45, 2.75) is 65.1 Å². The number of nitrogens with zero attached hydrogens (tertiary/aromatic N) is 2. The van der Waals surface area contributed by atoms with Crippen LogP contribution < -0.4 is 5.73 Å². The Morgan fingerprint density at radius 2 is 2.10 bits per heavy atom. The molecule has 0 radical (unpaired) electrons. The number of ether oxygens (including phenoxy) is 1. The number of likely N-dealkylation sites (tertiary alicyclic amines) is 1. The van der Waals surface area contributed by atoms with Gasteiger partial charge in [-0.25, -0.2) is 4.79 Å². The molecule has 0 bridgehead atoms. The van der Waals surface area contributed by atoms with E-state index in [1.807, 2.05) is 39.5 Å². The van der Waals surface area contributed by atoms with Crippen LogP contribution in [0.25, 0.3) is 0 Å². The second-order valence-corrected chi connectivity index (χ2v) is 6.85. The van der Waals surface area contributed by atoms with Crippen LogP contribution in [-0.4, -0.2) is 59.8 Å². The Hall–Kier alpha value is -0.810. The summed E-state index contributed by atoms with van der Waals surface area (Å²) in [5.41, 5.74) is 5.21. The summed E-state index contributed by atoms with van der Waals surface area (Å²) >= 11 is 0. The third-order valence-electron chi connectivity index (χ3n) is 3.57. The van der Waals surface area contributed by atoms with Crippen molar-refractivity contribution in [3.05, 3.63) is 0 Å². The van der Waals surface area contributed by atoms with Gasteiger partial charge in [-0.3, -0.25) is 4.90 Å². The highest BCUT2D eigenvalue weighted by Gasteiger charge is 2.31. The van der Waals surface area contributed by atoms with E-state index in [1.165, 1.54) is 6.42 Å². The number of carbonyl (C=O) groups excluding carboxylic acids is 1. The quantitative estimate of drug-likeness (QED) is 0.840. The summed E-state index contributed by atoms with van der Waals surface area (Å²) in [6.07, 6.45) is 2.10. The minimum absolute atomic E-state index is 0.144. The van der Waals surface area contributed by atoms with Gasteiger partial charge in [-0.05, 0) is 54.0 Å². The maximum absolute atomic E-state index is 12.3. The van der Waals surface area contributed by atoms with Crippen LogP contribution in [0, 0.1) is 0 Å². The molecule has 1 saturated heterocycles. The van der Waals surface area contributed by atoms with E-state index in [0.29, 0.717) is 12.6 Å². The van der Waals surface area contributed by atoms with Crippen LogP contribution in [-0.2, 0) is 4.74 Å². The van der Waals surface area contributed by atoms with Gasteiger partial charge in [0.25, 0.3) is 0 Å². The van der Waals surface area contributed by atoms with Crippen molar-refractivity contribution in [3.63, 3.8) is 0 Å². The fourth-order valence-corrected chi connectivity index (χ4v) is 2.61. The Labute approximate surface area is 123 Å². The van der Waals surface area contributed by atoms with E-state index in [-0.39, 0.29) is 12.1 Å². The first kappa shape index (κ1) is 17.2. The zero-order chi connectivity index (χ0) is 15.3. The summed E-state index contributed by atoms with van der Waals surface area (Å²) in [4.78, 5) is 16.5. The van der Waals surface area contributed by atoms with Gasteiger partial charge >= 0.3 is 6.09 Å². The predicted molar refractivity (Wildman–Crippen MR) is 81.7 cm³/mol. The van der Waals surface area contributed by atoms with Gasteiger partial charge < -0.3 is 15.4 Å². The highest BCUT2D eigenvalue weighted by molar-refractivity contribution is 5.68. The number of nitrogens with two attached hydrogens (primary N) is 1. The van der Waals surface area contributed by atoms with Gasteiger partial charge in [0.2, 0.25) is 0 Å². The lowest BCUT2D eigenvalue weighted by atomic mass is 10.2. The highest BCUT2D eigenvalue weighted by atomic mass is 16.6. The van der Waals surface area contributed by atoms with Gasteiger partial charge in [-0.1, -0.05) is 0 Å². The van der Waals surface area contributed by atoms with Crippen molar-refractivity contribution < 1.29 is 9.53 Å². The van der Waals surface area contributed by atoms with Crippen LogP contribution in [0.5, 0.6) is 0 Å². The first-order valence-electron chi connectivity index (χ1n) is 7.68. The molecule has 20 heavy (non-hydrogen) atoms. The normalized spacial score (nSPS) is 20.4. The van der Waals surface area contributed by atoms with E-state index in [0.717, 1.165) is 26.1 Å². The monoisotopic (exact) mass is 285 g/mol. The second kappa shape index (κ2) is 7.27. The fourth-order valence-electron chi connectivity index (χ4n) is 2.61. The third-order valence-corrected chi connectivity index (χ3v) is 3.57. The van der Waals surface area contributed by atoms with E-state index < -0.39 is 5.60 Å². The zero-order valence-corrected chi connectivity index (χ0v) is 13.7. The fraction of sp³-hybridized carbons (Fsp3) is 0.933. The van der Waals surface area contributed by atoms with Gasteiger partial charge in [-0.15, -0.1) is 0 Å². The Morgan fingerprint density at radius 3 is 2.60 bits per heavy atom. The number of hydrogen-bond donors (Lipinski definition) is 1. The molecular weight excluding hydrogens is 254 g/mol. The highest BCUT2D eigenvalue weighted by Crippen LogP contribution is 2.20. The first-order valence-corrected chi connectivity index (χ1v) is 7.68. The molecule has 0 unspecified atom stereocenters. The Bertz CT molecular complexity index is 313. The lowest BCUT2D eigenvalue weighted by Crippen LogP contribution is -2.48. The van der Waals surface area contributed by atoms with Crippen LogP contribution >= 0.6 is 0 Å². The molecule has 1 amide bonds. The van der Waals surface area contributed by atoms with Crippen LogP contribution in [0.15, 0.2) is 0 Å². The molecule has 0 saturated carbocycles. The molecule has 1 fully saturated rings. The summed E-state index contributed by atoms with van der Waals surface area (Å²) in [5.74, 6) is 0. The smallest absolute Gasteiger partial charge is 0.410 e. The molecule has 0 aromatic heterocycles. The third kappa shape index (κ3) is 5.29. The predicted octanol–water partition coefficient (Wildman–Crippen LogP) is 2.05. The van der Waals surface area contributed by atoms with Crippen LogP contribution in [0.1, 0.15) is 47.5 Å². The van der Waals surface area contributed by atoms with Gasteiger partial charge in [-0.2, -0.15) is 0 Å². The summed E-state index contributed by atoms with van der Waals surface area (Å²) in [7, 11) is 0. The minimum atomic E-state index is -0.448. The minimum Gasteiger partial charge on any atom is -0.444 e. The van der Waals surface area contributed by atoms with Crippen molar-refractivity contribution in [3.8, 4) is 0 Å². The molecule has 1 heterocycles. The summed E-state index contributed by atoms with van der Waals surface area (Å²) in [5, 5.41) is 0. The molecule has 2 N–H and O–H groups in total. The van der Waals surface area contributed by atoms with Gasteiger partial charge in [0.05, 0.1) is 0 Å². The molecule has 0 aromatic rings. The van der Waals surface area contributed by atoms with Crippen LogP contribution in [0.4, 0.5) is 4.79 Å². The van der Waals surface area contributed by atoms with Crippen molar-refractivity contribution in [2.24, 2.45) is 5.73 Å². The summed E-state index contributed by atoms with van der Waals surface area (Å²) in [6.45, 7) is 13.2. The second-order valence-electron chi connectivity index (χ2n) is 6.85. The first-order chi connectivity index (χ1) is 9.24. The topological polar surface area (TPSA) is 58.8 Å². The largest absolute Gasteiger partial charge is 0.444 e. The molecule has 0 aliphatic carbocycles. The molecule has 1 atom stereocenters. The zero-order valence-electron chi connectivity index (χ0n) is 13.7. The molecule has 1 aliphatic heterocycles. The molecular formula is C15H31N3O2. The van der Waals surface area contributed by atoms with E-state index in [1.54, 1.807) is 0 Å². The lowest BCUT2D eigenvalue weighted by Gasteiger charge is -2.34. The van der Waals surface area contributed by atoms with Gasteiger partial charge in [0, 0.05) is 31.7 Å². The van der Waals surface area contributed by atoms with E-state index >= 15 is 0 Å². The molecule has 5 nitrogen and oxygen atoms in total. The number of rotatable bonds is 5. The number of hydrogen-bond acceptors (Lipinski definition) is 4. The van der Waals surface area contributed by atoms with Crippen molar-refractivity contribution in [2.75, 3.05) is 26.2 Å². The standard InChI is InChI=1S/C15H31N3O2/c1-12(2)18(14(19)20-15(3,4)5)11-13-7-6-9-17(13)10-8-16/h12-13H,6-11,16H2,1-5H3/t13-/m0/s1. The van der Waals surface area contributed by atoms with Gasteiger partial charge in [0.15, 0.2) is 0 Å². The molecule has 0 aromatic carbocycles. The summed E-state index contributed by atoms with van der Waals surface area (Å²) in [6, 6.07) is 0.554. The molecule has 0 spiro atoms. The van der Waals surface area contributed by atoms with Crippen LogP contribution in [0.3, 0.4) is 0 Å². The SMILES string of the molecule is CC(C)N(C[C@@H]1CCCN1CCN)C(=O)OC(C)(C)C. The summed E-state index contributed by atoms with van der Waals surface area (Å²) < 4.78 is 5.51. The number of carbonyl (C=O) groups is 1. The van der Waals surface area contributed by atoms with Crippen molar-refractivity contribution in [1.29, 1.82) is 0 Å². The van der Waals surface area contributed by atoms with Crippen molar-refractivity contribution >= 4 is 6.09 Å². The Balaban J connectivity index is 2.65. The van der Waals surface area contributed by atoms with E-state index in [2.05, 4.69) is 4.90 Å². The maximum Gasteiger partial charge on any atom is 0.410 e. The Morgan fingerprint density at radius 1 is 1.45 bits per heavy atom. The molecule has 118 valence electrons. The molecule has 1 aliphatic rings.